The molecule has 0 fully saturated rings. The van der Waals surface area contributed by atoms with Gasteiger partial charge in [0.2, 0.25) is 0 Å². The summed E-state index contributed by atoms with van der Waals surface area (Å²) in [7, 11) is 4.23. The summed E-state index contributed by atoms with van der Waals surface area (Å²) in [6.45, 7) is 14.7. The quantitative estimate of drug-likeness (QED) is 0.0857. The monoisotopic (exact) mass is 812 g/mol. The van der Waals surface area contributed by atoms with Crippen molar-refractivity contribution in [1.82, 2.24) is 29.5 Å². The molecule has 8 aromatic rings. The average Bonchev–Trinajstić information content (AvgIpc) is 3.98. The van der Waals surface area contributed by atoms with Crippen molar-refractivity contribution in [2.24, 2.45) is 0 Å². The van der Waals surface area contributed by atoms with Crippen molar-refractivity contribution in [3.63, 3.8) is 0 Å². The van der Waals surface area contributed by atoms with E-state index in [2.05, 4.69) is 118 Å². The van der Waals surface area contributed by atoms with Crippen LogP contribution >= 0.6 is 22.7 Å². The van der Waals surface area contributed by atoms with Crippen molar-refractivity contribution in [2.75, 3.05) is 0 Å². The third kappa shape index (κ3) is 8.21. The van der Waals surface area contributed by atoms with Crippen LogP contribution in [-0.4, -0.2) is 44.0 Å². The average molecular weight is 813 g/mol. The van der Waals surface area contributed by atoms with Gasteiger partial charge in [-0.2, -0.15) is 0 Å². The second-order valence-corrected chi connectivity index (χ2v) is 16.0. The maximum absolute atomic E-state index is 5.17. The van der Waals surface area contributed by atoms with Crippen LogP contribution < -0.4 is 5.59 Å². The summed E-state index contributed by atoms with van der Waals surface area (Å²) in [5.41, 5.74) is 12.2. The van der Waals surface area contributed by atoms with Gasteiger partial charge in [0.05, 0.1) is 20.8 Å². The molecule has 0 aliphatic carbocycles. The summed E-state index contributed by atoms with van der Waals surface area (Å²) < 4.78 is 3.36. The molecule has 6 nitrogen and oxygen atoms in total. The molecule has 60 heavy (non-hydrogen) atoms. The number of nitrogens with zero attached hydrogens (tertiary/aromatic N) is 6. The fourth-order valence-electron chi connectivity index (χ4n) is 7.19. The molecule has 0 N–H and O–H groups in total. The minimum absolute atomic E-state index is 0.604. The van der Waals surface area contributed by atoms with Gasteiger partial charge in [-0.25, -0.2) is 24.9 Å². The first-order valence-electron chi connectivity index (χ1n) is 19.9. The molecule has 0 aliphatic rings. The van der Waals surface area contributed by atoms with Gasteiger partial charge < -0.3 is 4.57 Å². The van der Waals surface area contributed by atoms with Crippen molar-refractivity contribution < 1.29 is 0 Å². The zero-order chi connectivity index (χ0) is 41.6. The Hall–Kier alpha value is -6.48. The zero-order valence-electron chi connectivity index (χ0n) is 34.3. The highest BCUT2D eigenvalue weighted by Crippen LogP contribution is 2.36. The van der Waals surface area contributed by atoms with Gasteiger partial charge in [-0.3, -0.25) is 0 Å². The molecule has 0 saturated heterocycles. The largest absolute Gasteiger partial charge is 0.303 e. The van der Waals surface area contributed by atoms with Crippen LogP contribution in [0.5, 0.6) is 0 Å². The van der Waals surface area contributed by atoms with E-state index in [1.54, 1.807) is 22.7 Å². The Balaban J connectivity index is 1.18. The molecule has 0 aliphatic heterocycles. The molecule has 0 spiro atoms. The van der Waals surface area contributed by atoms with Crippen molar-refractivity contribution in [3.05, 3.63) is 167 Å². The molecule has 10 heteroatoms. The highest BCUT2D eigenvalue weighted by atomic mass is 32.1. The molecule has 0 amide bonds. The molecule has 290 valence electrons. The maximum Gasteiger partial charge on any atom is 0.194 e. The summed E-state index contributed by atoms with van der Waals surface area (Å²) in [4.78, 5) is 26.2. The lowest BCUT2D eigenvalue weighted by Gasteiger charge is -2.09. The van der Waals surface area contributed by atoms with Gasteiger partial charge in [0.1, 0.15) is 12.3 Å². The predicted molar refractivity (Wildman–Crippen MR) is 260 cm³/mol. The second-order valence-electron chi connectivity index (χ2n) is 14.0. The minimum atomic E-state index is 0.604. The lowest BCUT2D eigenvalue weighted by atomic mass is 9.74. The first-order valence-corrected chi connectivity index (χ1v) is 21.6. The SMILES string of the molecule is C=C/C(=C\c1c(/C=C\[B]C)c(C)n(-c2nc(/C=C\C)c(/C=C\C)s2)c1[B]C)c1cccc(-c2nc3cc(-c4nc(-c5ccccc5)nc(-c5ccccc5)n4)ccc3s2)c1. The third-order valence-electron chi connectivity index (χ3n) is 10.1. The van der Waals surface area contributed by atoms with Crippen molar-refractivity contribution in [1.29, 1.82) is 0 Å². The van der Waals surface area contributed by atoms with E-state index in [1.165, 1.54) is 0 Å². The maximum atomic E-state index is 5.17. The summed E-state index contributed by atoms with van der Waals surface area (Å²) in [6.07, 6.45) is 14.7. The zero-order valence-corrected chi connectivity index (χ0v) is 35.9. The standard InChI is InChI=1S/C50H42B2N6S2/c1-7-17-41-43(18-8-2)60-50(54-41)58-32(4)39(27-28-51-5)40(45(58)52-6)30-33(9-3)36-23-16-24-38(29-36)49-53-42-31-37(25-26-44(42)59-49)48-56-46(34-19-12-10-13-20-34)55-47(57-48)35-21-14-11-15-22-35/h7-31H,3H2,1-2,4-6H3/b17-7-,18-8-,28-27-,33-30+. The molecule has 4 heterocycles. The first kappa shape index (κ1) is 40.3. The number of hydrogen-bond donors (Lipinski definition) is 0. The second kappa shape index (κ2) is 18.2. The molecular weight excluding hydrogens is 770 g/mol. The predicted octanol–water partition coefficient (Wildman–Crippen LogP) is 12.6. The van der Waals surface area contributed by atoms with Crippen molar-refractivity contribution in [2.45, 2.75) is 34.4 Å². The van der Waals surface area contributed by atoms with Crippen molar-refractivity contribution in [3.8, 4) is 49.9 Å². The van der Waals surface area contributed by atoms with Gasteiger partial charge in [0.15, 0.2) is 29.9 Å². The number of hydrogen-bond acceptors (Lipinski definition) is 7. The van der Waals surface area contributed by atoms with Gasteiger partial charge in [0.25, 0.3) is 0 Å². The number of rotatable bonds is 13. The number of thiazole rings is 2. The van der Waals surface area contributed by atoms with E-state index in [0.29, 0.717) is 17.5 Å². The Morgan fingerprint density at radius 3 is 1.97 bits per heavy atom. The van der Waals surface area contributed by atoms with E-state index < -0.39 is 0 Å². The van der Waals surface area contributed by atoms with Crippen LogP contribution in [0.15, 0.2) is 134 Å². The van der Waals surface area contributed by atoms with E-state index in [9.17, 15) is 0 Å². The van der Waals surface area contributed by atoms with E-state index in [0.717, 1.165) is 86.7 Å². The van der Waals surface area contributed by atoms with E-state index in [4.69, 9.17) is 24.9 Å². The Morgan fingerprint density at radius 1 is 0.667 bits per heavy atom. The van der Waals surface area contributed by atoms with E-state index in [1.807, 2.05) is 93.5 Å². The molecule has 0 saturated carbocycles. The molecule has 0 atom stereocenters. The normalized spacial score (nSPS) is 12.1. The smallest absolute Gasteiger partial charge is 0.194 e. The lowest BCUT2D eigenvalue weighted by Crippen LogP contribution is -2.24. The lowest BCUT2D eigenvalue weighted by molar-refractivity contribution is 1.02. The molecule has 4 aromatic heterocycles. The fraction of sp³-hybridized carbons (Fsp3) is 0.100. The number of aromatic nitrogens is 6. The molecule has 0 bridgehead atoms. The number of allylic oxidation sites excluding steroid dienone is 4. The molecule has 2 radical (unpaired) electrons. The number of benzene rings is 4. The topological polar surface area (TPSA) is 69.4 Å². The highest BCUT2D eigenvalue weighted by Gasteiger charge is 2.22. The van der Waals surface area contributed by atoms with Gasteiger partial charge in [-0.1, -0.05) is 135 Å². The Labute approximate surface area is 361 Å². The van der Waals surface area contributed by atoms with E-state index in [-0.39, 0.29) is 0 Å². The Kier molecular flexibility index (Phi) is 12.2. The first-order chi connectivity index (χ1) is 29.4. The Bertz CT molecular complexity index is 2870. The third-order valence-corrected chi connectivity index (χ3v) is 12.2. The van der Waals surface area contributed by atoms with Crippen LogP contribution in [0.3, 0.4) is 0 Å². The summed E-state index contributed by atoms with van der Waals surface area (Å²) >= 11 is 3.36. The van der Waals surface area contributed by atoms with Crippen LogP contribution in [0.1, 0.15) is 46.8 Å². The Morgan fingerprint density at radius 2 is 1.33 bits per heavy atom. The van der Waals surface area contributed by atoms with Gasteiger partial charge in [-0.15, -0.1) is 17.3 Å². The summed E-state index contributed by atoms with van der Waals surface area (Å²) in [5, 5.41) is 1.86. The molecule has 4 aromatic carbocycles. The number of fused-ring (bicyclic) bond motifs is 1. The van der Waals surface area contributed by atoms with E-state index >= 15 is 0 Å². The van der Waals surface area contributed by atoms with Crippen molar-refractivity contribution >= 4 is 82.9 Å². The summed E-state index contributed by atoms with van der Waals surface area (Å²) in [5.74, 6) is 3.96. The van der Waals surface area contributed by atoms with Crippen LogP contribution in [0.4, 0.5) is 0 Å². The molecule has 8 rings (SSSR count). The minimum Gasteiger partial charge on any atom is -0.303 e. The van der Waals surface area contributed by atoms with Crippen LogP contribution in [0, 0.1) is 6.92 Å². The molecule has 0 unspecified atom stereocenters. The molecular formula is C50H42B2N6S2. The van der Waals surface area contributed by atoms with Gasteiger partial charge >= 0.3 is 0 Å². The van der Waals surface area contributed by atoms with Crippen LogP contribution in [0.2, 0.25) is 13.6 Å². The highest BCUT2D eigenvalue weighted by molar-refractivity contribution is 7.21. The summed E-state index contributed by atoms with van der Waals surface area (Å²) in [6, 6.07) is 34.9. The van der Waals surface area contributed by atoms with Gasteiger partial charge in [-0.05, 0) is 85.6 Å². The fourth-order valence-corrected chi connectivity index (χ4v) is 9.22. The van der Waals surface area contributed by atoms with Crippen LogP contribution in [0.25, 0.3) is 90.0 Å². The van der Waals surface area contributed by atoms with Crippen LogP contribution in [-0.2, 0) is 0 Å². The van der Waals surface area contributed by atoms with Gasteiger partial charge in [0, 0.05) is 33.5 Å².